The molecule has 1 aliphatic carbocycles. The van der Waals surface area contributed by atoms with Crippen LogP contribution >= 0.6 is 11.6 Å². The van der Waals surface area contributed by atoms with E-state index in [-0.39, 0.29) is 5.82 Å². The van der Waals surface area contributed by atoms with E-state index in [2.05, 4.69) is 5.32 Å². The van der Waals surface area contributed by atoms with Crippen molar-refractivity contribution in [3.05, 3.63) is 58.9 Å². The Balaban J connectivity index is 1.87. The lowest BCUT2D eigenvalue weighted by molar-refractivity contribution is 0.587. The molecule has 0 atom stereocenters. The first-order chi connectivity index (χ1) is 9.22. The quantitative estimate of drug-likeness (QED) is 0.872. The zero-order valence-electron chi connectivity index (χ0n) is 10.5. The van der Waals surface area contributed by atoms with Gasteiger partial charge in [0.05, 0.1) is 0 Å². The molecule has 0 radical (unpaired) electrons. The van der Waals surface area contributed by atoms with E-state index in [1.54, 1.807) is 6.07 Å². The van der Waals surface area contributed by atoms with Crippen molar-refractivity contribution in [3.63, 3.8) is 0 Å². The summed E-state index contributed by atoms with van der Waals surface area (Å²) in [5.74, 6) is -0.154. The summed E-state index contributed by atoms with van der Waals surface area (Å²) in [6, 6.07) is 13.4. The lowest BCUT2D eigenvalue weighted by Crippen LogP contribution is -2.16. The lowest BCUT2D eigenvalue weighted by Gasteiger charge is -2.08. The van der Waals surface area contributed by atoms with Gasteiger partial charge in [0.2, 0.25) is 0 Å². The topological polar surface area (TPSA) is 12.0 Å². The highest BCUT2D eigenvalue weighted by Crippen LogP contribution is 2.25. The Bertz CT molecular complexity index is 593. The van der Waals surface area contributed by atoms with Crippen LogP contribution in [0.25, 0.3) is 11.1 Å². The van der Waals surface area contributed by atoms with Crippen molar-refractivity contribution in [2.75, 3.05) is 0 Å². The van der Waals surface area contributed by atoms with Crippen LogP contribution in [0, 0.1) is 5.82 Å². The first kappa shape index (κ1) is 12.6. The maximum absolute atomic E-state index is 13.8. The molecule has 0 unspecified atom stereocenters. The zero-order chi connectivity index (χ0) is 13.2. The fourth-order valence-electron chi connectivity index (χ4n) is 2.10. The summed E-state index contributed by atoms with van der Waals surface area (Å²) in [5.41, 5.74) is 2.72. The highest BCUT2D eigenvalue weighted by Gasteiger charge is 2.20. The summed E-state index contributed by atoms with van der Waals surface area (Å²) in [6.45, 7) is 0.588. The highest BCUT2D eigenvalue weighted by molar-refractivity contribution is 6.30. The zero-order valence-corrected chi connectivity index (χ0v) is 11.3. The van der Waals surface area contributed by atoms with Crippen LogP contribution in [0.5, 0.6) is 0 Å². The normalized spacial score (nSPS) is 14.6. The van der Waals surface area contributed by atoms with Crippen molar-refractivity contribution in [1.29, 1.82) is 0 Å². The third-order valence-corrected chi connectivity index (χ3v) is 3.60. The fraction of sp³-hybridized carbons (Fsp3) is 0.250. The summed E-state index contributed by atoms with van der Waals surface area (Å²) < 4.78 is 13.8. The molecule has 98 valence electrons. The maximum atomic E-state index is 13.8. The molecule has 0 amide bonds. The van der Waals surface area contributed by atoms with E-state index in [1.165, 1.54) is 18.9 Å². The Labute approximate surface area is 117 Å². The average Bonchev–Trinajstić information content (AvgIpc) is 3.22. The van der Waals surface area contributed by atoms with Crippen LogP contribution in [0.3, 0.4) is 0 Å². The second-order valence-corrected chi connectivity index (χ2v) is 5.41. The van der Waals surface area contributed by atoms with Gasteiger partial charge < -0.3 is 5.32 Å². The Morgan fingerprint density at radius 2 is 1.89 bits per heavy atom. The van der Waals surface area contributed by atoms with Crippen molar-refractivity contribution >= 4 is 11.6 Å². The van der Waals surface area contributed by atoms with Crippen molar-refractivity contribution < 1.29 is 4.39 Å². The van der Waals surface area contributed by atoms with E-state index in [9.17, 15) is 4.39 Å². The molecule has 1 aliphatic rings. The lowest BCUT2D eigenvalue weighted by atomic mass is 10.0. The molecular weight excluding hydrogens is 261 g/mol. The van der Waals surface area contributed by atoms with Gasteiger partial charge in [0, 0.05) is 23.2 Å². The SMILES string of the molecule is Fc1ccc(-c2cccc(Cl)c2)cc1CNC1CC1. The van der Waals surface area contributed by atoms with Crippen LogP contribution in [-0.4, -0.2) is 6.04 Å². The first-order valence-electron chi connectivity index (χ1n) is 6.50. The van der Waals surface area contributed by atoms with Gasteiger partial charge in [0.1, 0.15) is 5.82 Å². The molecule has 0 bridgehead atoms. The Hall–Kier alpha value is -1.38. The molecule has 0 saturated heterocycles. The van der Waals surface area contributed by atoms with Gasteiger partial charge in [-0.1, -0.05) is 29.8 Å². The number of rotatable bonds is 4. The molecule has 0 spiro atoms. The molecule has 0 heterocycles. The van der Waals surface area contributed by atoms with E-state index in [0.29, 0.717) is 23.2 Å². The predicted molar refractivity (Wildman–Crippen MR) is 76.7 cm³/mol. The van der Waals surface area contributed by atoms with E-state index < -0.39 is 0 Å². The summed E-state index contributed by atoms with van der Waals surface area (Å²) in [6.07, 6.45) is 2.41. The first-order valence-corrected chi connectivity index (χ1v) is 6.88. The van der Waals surface area contributed by atoms with Gasteiger partial charge in [-0.15, -0.1) is 0 Å². The maximum Gasteiger partial charge on any atom is 0.127 e. The summed E-state index contributed by atoms with van der Waals surface area (Å²) >= 11 is 5.99. The van der Waals surface area contributed by atoms with E-state index in [0.717, 1.165) is 11.1 Å². The fourth-order valence-corrected chi connectivity index (χ4v) is 2.29. The van der Waals surface area contributed by atoms with Crippen LogP contribution in [0.2, 0.25) is 5.02 Å². The summed E-state index contributed by atoms with van der Waals surface area (Å²) in [7, 11) is 0. The number of nitrogens with one attached hydrogen (secondary N) is 1. The van der Waals surface area contributed by atoms with Gasteiger partial charge in [0.15, 0.2) is 0 Å². The van der Waals surface area contributed by atoms with Gasteiger partial charge in [0.25, 0.3) is 0 Å². The van der Waals surface area contributed by atoms with Gasteiger partial charge in [-0.2, -0.15) is 0 Å². The van der Waals surface area contributed by atoms with E-state index in [4.69, 9.17) is 11.6 Å². The highest BCUT2D eigenvalue weighted by atomic mass is 35.5. The second-order valence-electron chi connectivity index (χ2n) is 4.97. The minimum absolute atomic E-state index is 0.154. The Kier molecular flexibility index (Phi) is 3.54. The summed E-state index contributed by atoms with van der Waals surface area (Å²) in [5, 5.41) is 4.03. The smallest absolute Gasteiger partial charge is 0.127 e. The van der Waals surface area contributed by atoms with Crippen molar-refractivity contribution in [3.8, 4) is 11.1 Å². The van der Waals surface area contributed by atoms with Crippen LogP contribution in [0.1, 0.15) is 18.4 Å². The minimum Gasteiger partial charge on any atom is -0.310 e. The molecule has 3 rings (SSSR count). The molecule has 1 nitrogen and oxygen atoms in total. The molecule has 3 heteroatoms. The number of hydrogen-bond acceptors (Lipinski definition) is 1. The van der Waals surface area contributed by atoms with Crippen LogP contribution < -0.4 is 5.32 Å². The third kappa shape index (κ3) is 3.14. The molecule has 2 aromatic rings. The van der Waals surface area contributed by atoms with Crippen LogP contribution in [-0.2, 0) is 6.54 Å². The minimum atomic E-state index is -0.154. The van der Waals surface area contributed by atoms with Crippen molar-refractivity contribution in [2.24, 2.45) is 0 Å². The second kappa shape index (κ2) is 5.32. The molecular formula is C16H15ClFN. The number of benzene rings is 2. The number of halogens is 2. The van der Waals surface area contributed by atoms with E-state index >= 15 is 0 Å². The molecule has 19 heavy (non-hydrogen) atoms. The van der Waals surface area contributed by atoms with Gasteiger partial charge in [-0.25, -0.2) is 4.39 Å². The third-order valence-electron chi connectivity index (χ3n) is 3.36. The molecule has 1 fully saturated rings. The molecule has 0 aliphatic heterocycles. The number of hydrogen-bond donors (Lipinski definition) is 1. The van der Waals surface area contributed by atoms with Gasteiger partial charge in [-0.05, 0) is 48.2 Å². The Morgan fingerprint density at radius 1 is 1.11 bits per heavy atom. The van der Waals surface area contributed by atoms with Gasteiger partial charge >= 0.3 is 0 Å². The van der Waals surface area contributed by atoms with Crippen LogP contribution in [0.4, 0.5) is 4.39 Å². The standard InChI is InChI=1S/C16H15ClFN/c17-14-3-1-2-11(9-14)12-4-7-16(18)13(8-12)10-19-15-5-6-15/h1-4,7-9,15,19H,5-6,10H2. The predicted octanol–water partition coefficient (Wildman–Crippen LogP) is 4.40. The van der Waals surface area contributed by atoms with Gasteiger partial charge in [-0.3, -0.25) is 0 Å². The summed E-state index contributed by atoms with van der Waals surface area (Å²) in [4.78, 5) is 0. The largest absolute Gasteiger partial charge is 0.310 e. The molecule has 2 aromatic carbocycles. The molecule has 1 saturated carbocycles. The van der Waals surface area contributed by atoms with E-state index in [1.807, 2.05) is 30.3 Å². The average molecular weight is 276 g/mol. The molecule has 0 aromatic heterocycles. The van der Waals surface area contributed by atoms with Crippen LogP contribution in [0.15, 0.2) is 42.5 Å². The Morgan fingerprint density at radius 3 is 2.63 bits per heavy atom. The monoisotopic (exact) mass is 275 g/mol. The van der Waals surface area contributed by atoms with Crippen molar-refractivity contribution in [2.45, 2.75) is 25.4 Å². The van der Waals surface area contributed by atoms with Crippen molar-refractivity contribution in [1.82, 2.24) is 5.32 Å². The molecule has 1 N–H and O–H groups in total.